The predicted molar refractivity (Wildman–Crippen MR) is 96.3 cm³/mol. The highest BCUT2D eigenvalue weighted by molar-refractivity contribution is 7.22. The number of carbonyl (C=O) groups is 1. The van der Waals surface area contributed by atoms with E-state index in [0.29, 0.717) is 6.42 Å². The van der Waals surface area contributed by atoms with Crippen LogP contribution >= 0.6 is 11.3 Å². The van der Waals surface area contributed by atoms with Gasteiger partial charge >= 0.3 is 0 Å². The highest BCUT2D eigenvalue weighted by Gasteiger charge is 2.19. The van der Waals surface area contributed by atoms with Crippen molar-refractivity contribution >= 4 is 32.6 Å². The second-order valence-electron chi connectivity index (χ2n) is 6.00. The molecule has 1 aliphatic heterocycles. The van der Waals surface area contributed by atoms with Crippen LogP contribution in [0.1, 0.15) is 18.9 Å². The first-order valence-electron chi connectivity index (χ1n) is 8.27. The van der Waals surface area contributed by atoms with Crippen molar-refractivity contribution in [3.05, 3.63) is 23.8 Å². The maximum Gasteiger partial charge on any atom is 0.219 e. The summed E-state index contributed by atoms with van der Waals surface area (Å²) in [5.41, 5.74) is 2.38. The molecule has 0 atom stereocenters. The van der Waals surface area contributed by atoms with Gasteiger partial charge in [0.15, 0.2) is 5.13 Å². The van der Waals surface area contributed by atoms with Crippen LogP contribution in [0.3, 0.4) is 0 Å². The van der Waals surface area contributed by atoms with E-state index in [1.807, 2.05) is 6.92 Å². The van der Waals surface area contributed by atoms with Gasteiger partial charge in [0, 0.05) is 45.7 Å². The van der Waals surface area contributed by atoms with E-state index in [2.05, 4.69) is 40.2 Å². The second kappa shape index (κ2) is 7.27. The number of hydrogen-bond donors (Lipinski definition) is 1. The lowest BCUT2D eigenvalue weighted by Crippen LogP contribution is -2.48. The third-order valence-corrected chi connectivity index (χ3v) is 5.33. The molecular formula is C17H24N4OS. The van der Waals surface area contributed by atoms with Crippen molar-refractivity contribution in [2.75, 3.05) is 44.2 Å². The SMILES string of the molecule is CCC(=O)NCCN1CCN(c2nc3ccc(C)cc3s2)CC1. The largest absolute Gasteiger partial charge is 0.355 e. The van der Waals surface area contributed by atoms with Crippen molar-refractivity contribution < 1.29 is 4.79 Å². The molecule has 1 N–H and O–H groups in total. The van der Waals surface area contributed by atoms with E-state index in [4.69, 9.17) is 4.98 Å². The number of carbonyl (C=O) groups excluding carboxylic acids is 1. The summed E-state index contributed by atoms with van der Waals surface area (Å²) in [6, 6.07) is 6.44. The number of nitrogens with one attached hydrogen (secondary N) is 1. The Morgan fingerprint density at radius 2 is 2.09 bits per heavy atom. The van der Waals surface area contributed by atoms with Crippen LogP contribution in [0.2, 0.25) is 0 Å². The molecule has 1 aromatic heterocycles. The summed E-state index contributed by atoms with van der Waals surface area (Å²) in [7, 11) is 0. The normalized spacial score (nSPS) is 16.0. The van der Waals surface area contributed by atoms with Gasteiger partial charge in [-0.3, -0.25) is 9.69 Å². The molecule has 1 aromatic carbocycles. The molecule has 2 aromatic rings. The Balaban J connectivity index is 1.52. The Bertz CT molecular complexity index is 676. The molecule has 5 nitrogen and oxygen atoms in total. The molecule has 1 fully saturated rings. The first-order chi connectivity index (χ1) is 11.2. The van der Waals surface area contributed by atoms with Crippen molar-refractivity contribution in [1.29, 1.82) is 0 Å². The lowest BCUT2D eigenvalue weighted by Gasteiger charge is -2.34. The maximum atomic E-state index is 11.3. The monoisotopic (exact) mass is 332 g/mol. The van der Waals surface area contributed by atoms with Crippen molar-refractivity contribution in [2.24, 2.45) is 0 Å². The second-order valence-corrected chi connectivity index (χ2v) is 7.01. The third kappa shape index (κ3) is 4.00. The van der Waals surface area contributed by atoms with Gasteiger partial charge in [-0.15, -0.1) is 0 Å². The Morgan fingerprint density at radius 1 is 1.30 bits per heavy atom. The standard InChI is InChI=1S/C17H24N4OS/c1-3-16(22)18-6-7-20-8-10-21(11-9-20)17-19-14-5-4-13(2)12-15(14)23-17/h4-5,12H,3,6-11H2,1-2H3,(H,18,22). The quantitative estimate of drug-likeness (QED) is 0.912. The van der Waals surface area contributed by atoms with Gasteiger partial charge in [-0.05, 0) is 24.6 Å². The van der Waals surface area contributed by atoms with Crippen LogP contribution in [0.5, 0.6) is 0 Å². The Kier molecular flexibility index (Phi) is 5.13. The molecule has 124 valence electrons. The fourth-order valence-electron chi connectivity index (χ4n) is 2.80. The zero-order valence-electron chi connectivity index (χ0n) is 13.8. The maximum absolute atomic E-state index is 11.3. The summed E-state index contributed by atoms with van der Waals surface area (Å²) in [5.74, 6) is 0.133. The highest BCUT2D eigenvalue weighted by atomic mass is 32.1. The van der Waals surface area contributed by atoms with Gasteiger partial charge in [0.1, 0.15) is 0 Å². The summed E-state index contributed by atoms with van der Waals surface area (Å²) < 4.78 is 1.27. The van der Waals surface area contributed by atoms with E-state index >= 15 is 0 Å². The van der Waals surface area contributed by atoms with Crippen LogP contribution in [-0.4, -0.2) is 55.1 Å². The minimum Gasteiger partial charge on any atom is -0.355 e. The first kappa shape index (κ1) is 16.2. The Hall–Kier alpha value is -1.66. The molecule has 0 radical (unpaired) electrons. The van der Waals surface area contributed by atoms with E-state index in [1.54, 1.807) is 11.3 Å². The molecule has 0 spiro atoms. The molecule has 0 saturated carbocycles. The van der Waals surface area contributed by atoms with Crippen molar-refractivity contribution in [2.45, 2.75) is 20.3 Å². The predicted octanol–water partition coefficient (Wildman–Crippen LogP) is 2.25. The van der Waals surface area contributed by atoms with Gasteiger partial charge in [-0.2, -0.15) is 0 Å². The van der Waals surface area contributed by atoms with Gasteiger partial charge in [-0.25, -0.2) is 4.98 Å². The van der Waals surface area contributed by atoms with Gasteiger partial charge in [0.25, 0.3) is 0 Å². The van der Waals surface area contributed by atoms with Gasteiger partial charge in [0.2, 0.25) is 5.91 Å². The van der Waals surface area contributed by atoms with Crippen LogP contribution in [0.25, 0.3) is 10.2 Å². The van der Waals surface area contributed by atoms with E-state index < -0.39 is 0 Å². The van der Waals surface area contributed by atoms with Gasteiger partial charge in [-0.1, -0.05) is 24.3 Å². The average molecular weight is 332 g/mol. The molecular weight excluding hydrogens is 308 g/mol. The van der Waals surface area contributed by atoms with Crippen LogP contribution in [0.4, 0.5) is 5.13 Å². The summed E-state index contributed by atoms with van der Waals surface area (Å²) in [4.78, 5) is 20.8. The number of hydrogen-bond acceptors (Lipinski definition) is 5. The Morgan fingerprint density at radius 3 is 2.83 bits per heavy atom. The number of aromatic nitrogens is 1. The lowest BCUT2D eigenvalue weighted by molar-refractivity contribution is -0.120. The topological polar surface area (TPSA) is 48.5 Å². The number of anilines is 1. The highest BCUT2D eigenvalue weighted by Crippen LogP contribution is 2.29. The zero-order chi connectivity index (χ0) is 16.2. The molecule has 6 heteroatoms. The first-order valence-corrected chi connectivity index (χ1v) is 9.08. The van der Waals surface area contributed by atoms with Gasteiger partial charge in [0.05, 0.1) is 10.2 Å². The van der Waals surface area contributed by atoms with Crippen LogP contribution in [-0.2, 0) is 4.79 Å². The molecule has 1 amide bonds. The fourth-order valence-corrected chi connectivity index (χ4v) is 3.91. The smallest absolute Gasteiger partial charge is 0.219 e. The van der Waals surface area contributed by atoms with Crippen molar-refractivity contribution in [3.8, 4) is 0 Å². The zero-order valence-corrected chi connectivity index (χ0v) is 14.7. The molecule has 0 unspecified atom stereocenters. The third-order valence-electron chi connectivity index (χ3n) is 4.25. The van der Waals surface area contributed by atoms with E-state index in [-0.39, 0.29) is 5.91 Å². The van der Waals surface area contributed by atoms with E-state index in [9.17, 15) is 4.79 Å². The van der Waals surface area contributed by atoms with Crippen molar-refractivity contribution in [1.82, 2.24) is 15.2 Å². The number of rotatable bonds is 5. The number of thiazole rings is 1. The molecule has 1 aliphatic rings. The summed E-state index contributed by atoms with van der Waals surface area (Å²) in [5, 5.41) is 4.07. The Labute approximate surface area is 141 Å². The van der Waals surface area contributed by atoms with E-state index in [0.717, 1.165) is 49.9 Å². The number of nitrogens with zero attached hydrogens (tertiary/aromatic N) is 3. The molecule has 23 heavy (non-hydrogen) atoms. The molecule has 3 rings (SSSR count). The number of benzene rings is 1. The molecule has 1 saturated heterocycles. The van der Waals surface area contributed by atoms with Gasteiger partial charge < -0.3 is 10.2 Å². The number of fused-ring (bicyclic) bond motifs is 1. The minimum absolute atomic E-state index is 0.133. The molecule has 2 heterocycles. The fraction of sp³-hybridized carbons (Fsp3) is 0.529. The lowest BCUT2D eigenvalue weighted by atomic mass is 10.2. The van der Waals surface area contributed by atoms with Crippen LogP contribution in [0, 0.1) is 6.92 Å². The summed E-state index contributed by atoms with van der Waals surface area (Å²) in [6.45, 7) is 9.73. The summed E-state index contributed by atoms with van der Waals surface area (Å²) >= 11 is 1.78. The average Bonchev–Trinajstić information content (AvgIpc) is 2.98. The summed E-state index contributed by atoms with van der Waals surface area (Å²) in [6.07, 6.45) is 0.560. The number of aryl methyl sites for hydroxylation is 1. The van der Waals surface area contributed by atoms with Crippen molar-refractivity contribution in [3.63, 3.8) is 0 Å². The van der Waals surface area contributed by atoms with E-state index in [1.165, 1.54) is 10.3 Å². The minimum atomic E-state index is 0.133. The van der Waals surface area contributed by atoms with Crippen LogP contribution in [0.15, 0.2) is 18.2 Å². The molecule has 0 aliphatic carbocycles. The number of amides is 1. The molecule has 0 bridgehead atoms. The number of piperazine rings is 1. The van der Waals surface area contributed by atoms with Crippen LogP contribution < -0.4 is 10.2 Å².